The van der Waals surface area contributed by atoms with Crippen LogP contribution in [0.15, 0.2) is 93.7 Å². The summed E-state index contributed by atoms with van der Waals surface area (Å²) < 4.78 is 60.3. The highest BCUT2D eigenvalue weighted by molar-refractivity contribution is 8.01. The van der Waals surface area contributed by atoms with Crippen molar-refractivity contribution in [3.63, 3.8) is 0 Å². The first-order valence-electron chi connectivity index (χ1n) is 10.9. The Morgan fingerprint density at radius 2 is 1.69 bits per heavy atom. The van der Waals surface area contributed by atoms with Gasteiger partial charge < -0.3 is 4.74 Å². The smallest absolute Gasteiger partial charge is 0.262 e. The van der Waals surface area contributed by atoms with E-state index < -0.39 is 19.9 Å². The molecule has 0 spiro atoms. The second-order valence-electron chi connectivity index (χ2n) is 7.62. The van der Waals surface area contributed by atoms with Crippen molar-refractivity contribution >= 4 is 59.8 Å². The van der Waals surface area contributed by atoms with Crippen LogP contribution in [0.1, 0.15) is 6.92 Å². The summed E-state index contributed by atoms with van der Waals surface area (Å²) in [4.78, 5) is 5.18. The minimum absolute atomic E-state index is 0.0687. The Bertz CT molecular complexity index is 1590. The standard InChI is InChI=1S/C25H23ClN2O5S3/c1-2-33-22-13-14-24(20-6-5-15-27-25(20)22)36(31,32)28-21-7-3-4-8-23(21)34-16-17-35(29,30)19-11-9-18(26)10-12-19/h3-15,28H,2,16-17H2,1H3. The SMILES string of the molecule is CCOc1ccc(S(=O)(=O)Nc2ccccc2SCCS(=O)(=O)c2ccc(Cl)cc2)c2cccnc12. The van der Waals surface area contributed by atoms with Gasteiger partial charge in [0.05, 0.1) is 27.8 Å². The van der Waals surface area contributed by atoms with Crippen LogP contribution in [0.4, 0.5) is 5.69 Å². The monoisotopic (exact) mass is 562 g/mol. The van der Waals surface area contributed by atoms with Gasteiger partial charge in [0.15, 0.2) is 9.84 Å². The molecule has 1 heterocycles. The Morgan fingerprint density at radius 1 is 0.944 bits per heavy atom. The molecular weight excluding hydrogens is 540 g/mol. The minimum atomic E-state index is -3.98. The number of thioether (sulfide) groups is 1. The molecule has 0 aliphatic carbocycles. The second-order valence-corrected chi connectivity index (χ2v) is 13.0. The summed E-state index contributed by atoms with van der Waals surface area (Å²) >= 11 is 7.11. The van der Waals surface area contributed by atoms with Gasteiger partial charge in [-0.25, -0.2) is 16.8 Å². The fraction of sp³-hybridized carbons (Fsp3) is 0.160. The highest BCUT2D eigenvalue weighted by Gasteiger charge is 2.21. The third-order valence-electron chi connectivity index (χ3n) is 5.20. The fourth-order valence-corrected chi connectivity index (χ4v) is 7.66. The average molecular weight is 563 g/mol. The van der Waals surface area contributed by atoms with Crippen LogP contribution in [0.3, 0.4) is 0 Å². The predicted molar refractivity (Wildman–Crippen MR) is 144 cm³/mol. The second kappa shape index (κ2) is 11.1. The molecule has 0 aliphatic rings. The third kappa shape index (κ3) is 5.95. The van der Waals surface area contributed by atoms with E-state index in [0.29, 0.717) is 38.9 Å². The van der Waals surface area contributed by atoms with Crippen LogP contribution in [-0.2, 0) is 19.9 Å². The molecule has 0 saturated heterocycles. The van der Waals surface area contributed by atoms with E-state index in [1.165, 1.54) is 42.1 Å². The average Bonchev–Trinajstić information content (AvgIpc) is 2.85. The van der Waals surface area contributed by atoms with Crippen molar-refractivity contribution < 1.29 is 21.6 Å². The Hall–Kier alpha value is -2.79. The largest absolute Gasteiger partial charge is 0.492 e. The number of hydrogen-bond donors (Lipinski definition) is 1. The lowest BCUT2D eigenvalue weighted by molar-refractivity contribution is 0.343. The number of halogens is 1. The van der Waals surface area contributed by atoms with Crippen LogP contribution in [0.2, 0.25) is 5.02 Å². The van der Waals surface area contributed by atoms with Crippen LogP contribution in [0, 0.1) is 0 Å². The molecule has 36 heavy (non-hydrogen) atoms. The molecule has 4 aromatic rings. The lowest BCUT2D eigenvalue weighted by atomic mass is 10.2. The van der Waals surface area contributed by atoms with Crippen molar-refractivity contribution in [1.29, 1.82) is 0 Å². The fourth-order valence-electron chi connectivity index (χ4n) is 3.52. The molecule has 0 unspecified atom stereocenters. The van der Waals surface area contributed by atoms with Crippen molar-refractivity contribution in [2.24, 2.45) is 0 Å². The van der Waals surface area contributed by atoms with Gasteiger partial charge in [-0.1, -0.05) is 23.7 Å². The summed E-state index contributed by atoms with van der Waals surface area (Å²) in [5.74, 6) is 0.625. The van der Waals surface area contributed by atoms with Gasteiger partial charge in [-0.05, 0) is 67.6 Å². The first kappa shape index (κ1) is 26.3. The van der Waals surface area contributed by atoms with E-state index >= 15 is 0 Å². The zero-order chi connectivity index (χ0) is 25.8. The molecule has 0 bridgehead atoms. The Balaban J connectivity index is 1.55. The number of para-hydroxylation sites is 1. The van der Waals surface area contributed by atoms with Gasteiger partial charge in [0.25, 0.3) is 10.0 Å². The van der Waals surface area contributed by atoms with Gasteiger partial charge in [0, 0.05) is 27.3 Å². The van der Waals surface area contributed by atoms with Gasteiger partial charge in [0.2, 0.25) is 0 Å². The maximum absolute atomic E-state index is 13.4. The number of anilines is 1. The van der Waals surface area contributed by atoms with Crippen LogP contribution >= 0.6 is 23.4 Å². The number of nitrogens with zero attached hydrogens (tertiary/aromatic N) is 1. The quantitative estimate of drug-likeness (QED) is 0.249. The number of rotatable bonds is 10. The molecule has 0 aliphatic heterocycles. The maximum Gasteiger partial charge on any atom is 0.262 e. The normalized spacial score (nSPS) is 11.9. The first-order chi connectivity index (χ1) is 17.2. The van der Waals surface area contributed by atoms with E-state index in [4.69, 9.17) is 16.3 Å². The molecule has 3 aromatic carbocycles. The zero-order valence-corrected chi connectivity index (χ0v) is 22.4. The van der Waals surface area contributed by atoms with Crippen LogP contribution < -0.4 is 9.46 Å². The lowest BCUT2D eigenvalue weighted by Crippen LogP contribution is -2.14. The van der Waals surface area contributed by atoms with Crippen molar-refractivity contribution in [3.8, 4) is 5.75 Å². The summed E-state index contributed by atoms with van der Waals surface area (Å²) in [6, 6.07) is 19.3. The predicted octanol–water partition coefficient (Wildman–Crippen LogP) is 5.65. The molecular formula is C25H23ClN2O5S3. The molecule has 0 fully saturated rings. The number of nitrogens with one attached hydrogen (secondary N) is 1. The van der Waals surface area contributed by atoms with Crippen LogP contribution in [0.25, 0.3) is 10.9 Å². The molecule has 0 amide bonds. The summed E-state index contributed by atoms with van der Waals surface area (Å²) in [6.45, 7) is 2.27. The number of sulfonamides is 1. The highest BCUT2D eigenvalue weighted by atomic mass is 35.5. The van der Waals surface area contributed by atoms with Gasteiger partial charge >= 0.3 is 0 Å². The van der Waals surface area contributed by atoms with Crippen molar-refractivity contribution in [1.82, 2.24) is 4.98 Å². The summed E-state index contributed by atoms with van der Waals surface area (Å²) in [6.07, 6.45) is 1.58. The number of benzene rings is 3. The summed E-state index contributed by atoms with van der Waals surface area (Å²) in [5.41, 5.74) is 0.814. The molecule has 188 valence electrons. The van der Waals surface area contributed by atoms with Gasteiger partial charge in [-0.2, -0.15) is 0 Å². The molecule has 7 nitrogen and oxygen atoms in total. The number of ether oxygens (including phenoxy) is 1. The number of pyridine rings is 1. The molecule has 1 N–H and O–H groups in total. The summed E-state index contributed by atoms with van der Waals surface area (Å²) in [7, 11) is -7.49. The van der Waals surface area contributed by atoms with Crippen molar-refractivity contribution in [2.75, 3.05) is 22.8 Å². The third-order valence-corrected chi connectivity index (χ3v) is 9.94. The van der Waals surface area contributed by atoms with Gasteiger partial charge in [-0.3, -0.25) is 9.71 Å². The van der Waals surface area contributed by atoms with Crippen molar-refractivity contribution in [3.05, 3.63) is 84.0 Å². The molecule has 0 saturated carbocycles. The molecule has 11 heteroatoms. The number of fused-ring (bicyclic) bond motifs is 1. The maximum atomic E-state index is 13.4. The minimum Gasteiger partial charge on any atom is -0.492 e. The molecule has 1 aromatic heterocycles. The van der Waals surface area contributed by atoms with Crippen LogP contribution in [0.5, 0.6) is 5.75 Å². The van der Waals surface area contributed by atoms with Crippen molar-refractivity contribution in [2.45, 2.75) is 21.6 Å². The van der Waals surface area contributed by atoms with E-state index in [-0.39, 0.29) is 21.3 Å². The van der Waals surface area contributed by atoms with Gasteiger partial charge in [0.1, 0.15) is 11.3 Å². The first-order valence-corrected chi connectivity index (χ1v) is 15.4. The summed E-state index contributed by atoms with van der Waals surface area (Å²) in [5, 5.41) is 0.899. The van der Waals surface area contributed by atoms with E-state index in [2.05, 4.69) is 9.71 Å². The topological polar surface area (TPSA) is 102 Å². The number of aromatic nitrogens is 1. The van der Waals surface area contributed by atoms with Crippen LogP contribution in [-0.4, -0.2) is 39.9 Å². The Morgan fingerprint density at radius 3 is 2.44 bits per heavy atom. The van der Waals surface area contributed by atoms with E-state index in [1.807, 2.05) is 6.92 Å². The Labute approximate surface area is 219 Å². The zero-order valence-electron chi connectivity index (χ0n) is 19.2. The molecule has 4 rings (SSSR count). The van der Waals surface area contributed by atoms with Gasteiger partial charge in [-0.15, -0.1) is 11.8 Å². The van der Waals surface area contributed by atoms with E-state index in [0.717, 1.165) is 0 Å². The van der Waals surface area contributed by atoms with E-state index in [9.17, 15) is 16.8 Å². The number of hydrogen-bond acceptors (Lipinski definition) is 7. The van der Waals surface area contributed by atoms with E-state index in [1.54, 1.807) is 48.7 Å². The number of sulfone groups is 1. The lowest BCUT2D eigenvalue weighted by Gasteiger charge is -2.15. The molecule has 0 radical (unpaired) electrons. The highest BCUT2D eigenvalue weighted by Crippen LogP contribution is 2.33. The Kier molecular flexibility index (Phi) is 8.09. The molecule has 0 atom stereocenters.